The molecule has 0 radical (unpaired) electrons. The summed E-state index contributed by atoms with van der Waals surface area (Å²) in [4.78, 5) is 24.0. The van der Waals surface area contributed by atoms with Crippen LogP contribution in [0.3, 0.4) is 0 Å². The number of benzene rings is 5. The Morgan fingerprint density at radius 2 is 0.511 bits per heavy atom. The van der Waals surface area contributed by atoms with Gasteiger partial charge in [-0.3, -0.25) is 0 Å². The lowest BCUT2D eigenvalue weighted by Crippen LogP contribution is -2.22. The molecule has 90 heavy (non-hydrogen) atoms. The quantitative estimate of drug-likeness (QED) is 0.134. The van der Waals surface area contributed by atoms with Gasteiger partial charge in [0.05, 0.1) is 79.8 Å². The molecule has 8 bridgehead atoms. The molecular weight excluding hydrogens is 1100 g/mol. The van der Waals surface area contributed by atoms with Crippen molar-refractivity contribution in [2.75, 3.05) is 22.1 Å². The first-order valence-corrected chi connectivity index (χ1v) is 32.4. The van der Waals surface area contributed by atoms with E-state index in [2.05, 4.69) is 286 Å². The fraction of sp³-hybridized carbons (Fsp3) is 0.390. The standard InChI is InChI=1S/C82H98N8/c1-75(2,3)49-31-45(32-50(39-49)76(4,5)6)67-59-25-26-60(85-59)68(46-33-51(77(7,8)9)40-52(34-46)78(10,11)12)62-28-30-64(87-62)70(48-37-55(81(19,20)21)42-56(38-48)82(22,23)24)72-74-73(88-65-43-57(83)58(84)44-66(65)89-74)71(90-72)69(63-29-27-61(67)86-63)47-35-53(79(13,14)15)41-54(36-47)80(16,17)18/h25-44,88-89H,83-84H2,1-24H3. The lowest BCUT2D eigenvalue weighted by molar-refractivity contribution is 0.567. The Morgan fingerprint density at radius 3 is 0.800 bits per heavy atom. The van der Waals surface area contributed by atoms with Gasteiger partial charge in [0, 0.05) is 22.3 Å². The molecule has 6 N–H and O–H groups in total. The summed E-state index contributed by atoms with van der Waals surface area (Å²) in [5.74, 6) is 0. The largest absolute Gasteiger partial charge is 0.397 e. The second kappa shape index (κ2) is 21.2. The molecule has 5 aromatic rings. The number of hydrogen-bond acceptors (Lipinski definition) is 8. The molecule has 0 saturated carbocycles. The zero-order valence-corrected chi connectivity index (χ0v) is 58.5. The Hall–Kier alpha value is -8.10. The zero-order chi connectivity index (χ0) is 65.7. The van der Waals surface area contributed by atoms with Gasteiger partial charge in [0.25, 0.3) is 0 Å². The molecule has 6 aliphatic rings. The van der Waals surface area contributed by atoms with Crippen LogP contribution in [0.2, 0.25) is 0 Å². The summed E-state index contributed by atoms with van der Waals surface area (Å²) in [6.45, 7) is 55.2. The molecule has 0 aromatic heterocycles. The maximum absolute atomic E-state index is 6.72. The van der Waals surface area contributed by atoms with Crippen molar-refractivity contribution < 1.29 is 0 Å². The maximum Gasteiger partial charge on any atom is 0.0995 e. The Bertz CT molecular complexity index is 4200. The number of rotatable bonds is 4. The summed E-state index contributed by atoms with van der Waals surface area (Å²) in [7, 11) is 0. The first-order chi connectivity index (χ1) is 41.4. The molecule has 5 aromatic carbocycles. The summed E-state index contributed by atoms with van der Waals surface area (Å²) in [6.07, 6.45) is 13.2. The second-order valence-corrected chi connectivity index (χ2v) is 34.2. The van der Waals surface area contributed by atoms with Crippen molar-refractivity contribution >= 4 is 67.9 Å². The molecule has 0 aliphatic carbocycles. The van der Waals surface area contributed by atoms with Gasteiger partial charge in [-0.15, -0.1) is 0 Å². The smallest absolute Gasteiger partial charge is 0.0995 e. The predicted octanol–water partition coefficient (Wildman–Crippen LogP) is 20.4. The number of fused-ring (bicyclic) bond motifs is 7. The average molecular weight is 1200 g/mol. The number of hydrogen-bond donors (Lipinski definition) is 4. The number of aliphatic imine (C=N–C) groups is 4. The molecule has 6 aliphatic heterocycles. The molecule has 0 atom stereocenters. The van der Waals surface area contributed by atoms with Gasteiger partial charge < -0.3 is 22.1 Å². The first-order valence-electron chi connectivity index (χ1n) is 32.4. The van der Waals surface area contributed by atoms with Crippen LogP contribution in [-0.2, 0) is 43.3 Å². The van der Waals surface area contributed by atoms with E-state index in [1.165, 1.54) is 44.5 Å². The molecule has 11 rings (SSSR count). The molecule has 6 heterocycles. The first kappa shape index (κ1) is 63.5. The number of nitrogens with zero attached hydrogens (tertiary/aromatic N) is 4. The van der Waals surface area contributed by atoms with E-state index in [1.807, 2.05) is 12.1 Å². The third-order valence-corrected chi connectivity index (χ3v) is 18.4. The Morgan fingerprint density at radius 1 is 0.267 bits per heavy atom. The van der Waals surface area contributed by atoms with Crippen LogP contribution in [-0.4, -0.2) is 22.8 Å². The number of anilines is 4. The Balaban J connectivity index is 1.37. The normalized spacial score (nSPS) is 17.3. The molecule has 0 fully saturated rings. The van der Waals surface area contributed by atoms with Gasteiger partial charge in [-0.1, -0.05) is 239 Å². The van der Waals surface area contributed by atoms with Crippen molar-refractivity contribution in [3.8, 4) is 0 Å². The number of nitrogen functional groups attached to an aromatic ring is 2. The molecule has 0 saturated heterocycles. The fourth-order valence-electron chi connectivity index (χ4n) is 12.3. The van der Waals surface area contributed by atoms with E-state index >= 15 is 0 Å². The zero-order valence-electron chi connectivity index (χ0n) is 58.5. The number of nitrogens with one attached hydrogen (secondary N) is 2. The average Bonchev–Trinajstić information content (AvgIpc) is 1.58. The van der Waals surface area contributed by atoms with Crippen LogP contribution in [0.5, 0.6) is 0 Å². The number of nitrogens with two attached hydrogens (primary N) is 2. The molecular formula is C82H98N8. The van der Waals surface area contributed by atoms with Crippen molar-refractivity contribution in [2.45, 2.75) is 209 Å². The van der Waals surface area contributed by atoms with Gasteiger partial charge in [0.15, 0.2) is 0 Å². The summed E-state index contributed by atoms with van der Waals surface area (Å²) in [5, 5.41) is 7.94. The Labute approximate surface area is 538 Å². The highest BCUT2D eigenvalue weighted by atomic mass is 15.1. The van der Waals surface area contributed by atoms with Crippen LogP contribution < -0.4 is 22.1 Å². The predicted molar refractivity (Wildman–Crippen MR) is 390 cm³/mol. The number of allylic oxidation sites excluding steroid dienone is 10. The molecule has 0 unspecified atom stereocenters. The monoisotopic (exact) mass is 1190 g/mol. The van der Waals surface area contributed by atoms with E-state index in [0.29, 0.717) is 11.4 Å². The van der Waals surface area contributed by atoms with Gasteiger partial charge in [-0.05, 0) is 159 Å². The highest BCUT2D eigenvalue weighted by molar-refractivity contribution is 6.41. The van der Waals surface area contributed by atoms with E-state index < -0.39 is 0 Å². The van der Waals surface area contributed by atoms with Crippen LogP contribution >= 0.6 is 0 Å². The van der Waals surface area contributed by atoms with Gasteiger partial charge >= 0.3 is 0 Å². The van der Waals surface area contributed by atoms with Crippen LogP contribution in [0.1, 0.15) is 233 Å². The summed E-state index contributed by atoms with van der Waals surface area (Å²) >= 11 is 0. The summed E-state index contributed by atoms with van der Waals surface area (Å²) < 4.78 is 0. The van der Waals surface area contributed by atoms with Gasteiger partial charge in [-0.25, -0.2) is 20.0 Å². The molecule has 466 valence electrons. The van der Waals surface area contributed by atoms with Crippen LogP contribution in [0.25, 0.3) is 22.3 Å². The van der Waals surface area contributed by atoms with Gasteiger partial charge in [-0.2, -0.15) is 0 Å². The minimum atomic E-state index is -0.201. The molecule has 8 heteroatoms. The van der Waals surface area contributed by atoms with E-state index in [0.717, 1.165) is 113 Å². The van der Waals surface area contributed by atoms with Crippen LogP contribution in [0, 0.1) is 0 Å². The van der Waals surface area contributed by atoms with E-state index in [9.17, 15) is 0 Å². The summed E-state index contributed by atoms with van der Waals surface area (Å²) in [6, 6.07) is 32.4. The van der Waals surface area contributed by atoms with Crippen molar-refractivity contribution in [1.82, 2.24) is 0 Å². The van der Waals surface area contributed by atoms with E-state index in [4.69, 9.17) is 31.4 Å². The van der Waals surface area contributed by atoms with Crippen molar-refractivity contribution in [2.24, 2.45) is 20.0 Å². The highest BCUT2D eigenvalue weighted by Crippen LogP contribution is 2.49. The molecule has 0 spiro atoms. The van der Waals surface area contributed by atoms with Gasteiger partial charge in [0.2, 0.25) is 0 Å². The maximum atomic E-state index is 6.72. The van der Waals surface area contributed by atoms with Gasteiger partial charge in [0.1, 0.15) is 0 Å². The van der Waals surface area contributed by atoms with E-state index in [1.54, 1.807) is 0 Å². The Kier molecular flexibility index (Phi) is 15.0. The van der Waals surface area contributed by atoms with Crippen molar-refractivity contribution in [1.29, 1.82) is 0 Å². The lowest BCUT2D eigenvalue weighted by atomic mass is 9.78. The summed E-state index contributed by atoms with van der Waals surface area (Å²) in [5.41, 5.74) is 40.2. The van der Waals surface area contributed by atoms with Crippen molar-refractivity contribution in [3.05, 3.63) is 222 Å². The van der Waals surface area contributed by atoms with E-state index in [-0.39, 0.29) is 43.3 Å². The minimum absolute atomic E-state index is 0.159. The van der Waals surface area contributed by atoms with Crippen LogP contribution in [0.15, 0.2) is 176 Å². The highest BCUT2D eigenvalue weighted by Gasteiger charge is 2.39. The topological polar surface area (TPSA) is 126 Å². The second-order valence-electron chi connectivity index (χ2n) is 34.2. The third-order valence-electron chi connectivity index (χ3n) is 18.4. The molecule has 0 amide bonds. The minimum Gasteiger partial charge on any atom is -0.397 e. The fourth-order valence-corrected chi connectivity index (χ4v) is 12.3. The van der Waals surface area contributed by atoms with Crippen molar-refractivity contribution in [3.63, 3.8) is 0 Å². The molecule has 8 nitrogen and oxygen atoms in total. The lowest BCUT2D eigenvalue weighted by Gasteiger charge is -2.28. The van der Waals surface area contributed by atoms with Crippen LogP contribution in [0.4, 0.5) is 22.7 Å². The third kappa shape index (κ3) is 12.1. The SMILES string of the molecule is CC(C)(C)c1cc(C2=C3C=CC(=N3)C(c3cc(C(C)(C)C)cc(C(C)(C)C)c3)=C3C=CC(=N3)C(c3cc(C(C)(C)C)cc(C(C)(C)C)c3)=C3N=C(C4=C3Nc3cc(N)c(N)cc3N4)C(c3cc(C(C)(C)C)cc(C(C)(C)C)c3)=C3C=CC2=N3)cc(C(C)(C)C)c1.